The van der Waals surface area contributed by atoms with Crippen molar-refractivity contribution in [2.45, 2.75) is 58.4 Å². The second-order valence-electron chi connectivity index (χ2n) is 5.64. The van der Waals surface area contributed by atoms with Gasteiger partial charge in [-0.2, -0.15) is 0 Å². The number of carbonyl (C=O) groups excluding carboxylic acids is 1. The van der Waals surface area contributed by atoms with Crippen LogP contribution in [0.4, 0.5) is 0 Å². The summed E-state index contributed by atoms with van der Waals surface area (Å²) in [6, 6.07) is 0.429. The van der Waals surface area contributed by atoms with E-state index in [2.05, 4.69) is 24.5 Å². The molecule has 2 unspecified atom stereocenters. The molecule has 0 radical (unpaired) electrons. The van der Waals surface area contributed by atoms with Crippen LogP contribution in [0.15, 0.2) is 0 Å². The summed E-state index contributed by atoms with van der Waals surface area (Å²) >= 11 is 0. The molecule has 4 heteroatoms. The number of amides is 1. The minimum atomic E-state index is 0. The van der Waals surface area contributed by atoms with Gasteiger partial charge in [0.15, 0.2) is 0 Å². The Morgan fingerprint density at radius 3 is 2.67 bits per heavy atom. The monoisotopic (exact) mass is 276 g/mol. The van der Waals surface area contributed by atoms with Gasteiger partial charge in [0, 0.05) is 12.5 Å². The van der Waals surface area contributed by atoms with Gasteiger partial charge in [0.05, 0.1) is 0 Å². The highest BCUT2D eigenvalue weighted by Crippen LogP contribution is 2.29. The molecular weight excluding hydrogens is 248 g/mol. The van der Waals surface area contributed by atoms with Crippen molar-refractivity contribution in [1.82, 2.24) is 10.6 Å². The van der Waals surface area contributed by atoms with Gasteiger partial charge in [0.1, 0.15) is 0 Å². The van der Waals surface area contributed by atoms with Crippen molar-refractivity contribution in [1.29, 1.82) is 0 Å². The molecule has 3 nitrogen and oxygen atoms in total. The van der Waals surface area contributed by atoms with Crippen molar-refractivity contribution < 1.29 is 4.79 Å². The van der Waals surface area contributed by atoms with Gasteiger partial charge in [-0.05, 0) is 44.7 Å². The van der Waals surface area contributed by atoms with Crippen LogP contribution in [-0.2, 0) is 4.79 Å². The van der Waals surface area contributed by atoms with Crippen molar-refractivity contribution >= 4 is 18.3 Å². The zero-order valence-corrected chi connectivity index (χ0v) is 12.8. The summed E-state index contributed by atoms with van der Waals surface area (Å²) in [6.45, 7) is 5.51. The molecule has 1 amide bonds. The van der Waals surface area contributed by atoms with Crippen LogP contribution in [-0.4, -0.2) is 25.5 Å². The highest BCUT2D eigenvalue weighted by Gasteiger charge is 2.24. The Kier molecular flexibility index (Phi) is 9.47. The van der Waals surface area contributed by atoms with Gasteiger partial charge in [0.2, 0.25) is 5.91 Å². The average Bonchev–Trinajstić information content (AvgIpc) is 2.29. The van der Waals surface area contributed by atoms with E-state index in [4.69, 9.17) is 0 Å². The third-order valence-corrected chi connectivity index (χ3v) is 3.85. The first-order valence-corrected chi connectivity index (χ1v) is 7.07. The SMILES string of the molecule is CNCCCC(=O)NC1CCCC(C(C)C)C1.Cl. The largest absolute Gasteiger partial charge is 0.353 e. The molecule has 0 spiro atoms. The molecule has 0 aromatic heterocycles. The van der Waals surface area contributed by atoms with E-state index in [1.54, 1.807) is 0 Å². The van der Waals surface area contributed by atoms with E-state index in [1.165, 1.54) is 25.7 Å². The van der Waals surface area contributed by atoms with E-state index in [1.807, 2.05) is 7.05 Å². The predicted molar refractivity (Wildman–Crippen MR) is 79.1 cm³/mol. The molecule has 0 aliphatic heterocycles. The average molecular weight is 277 g/mol. The van der Waals surface area contributed by atoms with E-state index in [9.17, 15) is 4.79 Å². The molecule has 0 bridgehead atoms. The van der Waals surface area contributed by atoms with E-state index >= 15 is 0 Å². The first-order valence-electron chi connectivity index (χ1n) is 7.07. The van der Waals surface area contributed by atoms with Gasteiger partial charge in [-0.3, -0.25) is 4.79 Å². The highest BCUT2D eigenvalue weighted by molar-refractivity contribution is 5.85. The number of carbonyl (C=O) groups is 1. The van der Waals surface area contributed by atoms with Crippen molar-refractivity contribution in [3.05, 3.63) is 0 Å². The Morgan fingerprint density at radius 2 is 2.06 bits per heavy atom. The van der Waals surface area contributed by atoms with Gasteiger partial charge in [0.25, 0.3) is 0 Å². The van der Waals surface area contributed by atoms with Crippen molar-refractivity contribution in [3.63, 3.8) is 0 Å². The number of hydrogen-bond acceptors (Lipinski definition) is 2. The molecule has 0 aromatic carbocycles. The third-order valence-electron chi connectivity index (χ3n) is 3.85. The van der Waals surface area contributed by atoms with Crippen LogP contribution in [0.1, 0.15) is 52.4 Å². The maximum Gasteiger partial charge on any atom is 0.220 e. The van der Waals surface area contributed by atoms with Crippen molar-refractivity contribution in [3.8, 4) is 0 Å². The van der Waals surface area contributed by atoms with Crippen LogP contribution >= 0.6 is 12.4 Å². The zero-order valence-electron chi connectivity index (χ0n) is 12.0. The molecule has 2 atom stereocenters. The number of hydrogen-bond donors (Lipinski definition) is 2. The molecule has 1 fully saturated rings. The first-order chi connectivity index (χ1) is 8.13. The summed E-state index contributed by atoms with van der Waals surface area (Å²) in [5.74, 6) is 1.78. The Balaban J connectivity index is 0.00000289. The summed E-state index contributed by atoms with van der Waals surface area (Å²) < 4.78 is 0. The summed E-state index contributed by atoms with van der Waals surface area (Å²) in [4.78, 5) is 11.7. The van der Waals surface area contributed by atoms with Gasteiger partial charge in [-0.25, -0.2) is 0 Å². The lowest BCUT2D eigenvalue weighted by Gasteiger charge is -2.32. The first kappa shape index (κ1) is 17.7. The van der Waals surface area contributed by atoms with Crippen LogP contribution < -0.4 is 10.6 Å². The highest BCUT2D eigenvalue weighted by atomic mass is 35.5. The third kappa shape index (κ3) is 6.60. The standard InChI is InChI=1S/C14H28N2O.ClH/c1-11(2)12-6-4-7-13(10-12)16-14(17)8-5-9-15-3;/h11-13,15H,4-10H2,1-3H3,(H,16,17);1H. The summed E-state index contributed by atoms with van der Waals surface area (Å²) in [6.07, 6.45) is 6.54. The summed E-state index contributed by atoms with van der Waals surface area (Å²) in [5.41, 5.74) is 0. The molecule has 0 aromatic rings. The van der Waals surface area contributed by atoms with Gasteiger partial charge in [-0.15, -0.1) is 12.4 Å². The lowest BCUT2D eigenvalue weighted by atomic mass is 9.79. The molecule has 0 saturated heterocycles. The second kappa shape index (κ2) is 9.62. The van der Waals surface area contributed by atoms with Gasteiger partial charge >= 0.3 is 0 Å². The van der Waals surface area contributed by atoms with Crippen LogP contribution in [0.3, 0.4) is 0 Å². The molecule has 2 N–H and O–H groups in total. The summed E-state index contributed by atoms with van der Waals surface area (Å²) in [7, 11) is 1.92. The topological polar surface area (TPSA) is 41.1 Å². The van der Waals surface area contributed by atoms with Gasteiger partial charge < -0.3 is 10.6 Å². The molecule has 18 heavy (non-hydrogen) atoms. The van der Waals surface area contributed by atoms with Crippen LogP contribution in [0, 0.1) is 11.8 Å². The van der Waals surface area contributed by atoms with Crippen LogP contribution in [0.25, 0.3) is 0 Å². The lowest BCUT2D eigenvalue weighted by Crippen LogP contribution is -2.39. The number of rotatable bonds is 6. The minimum absolute atomic E-state index is 0. The normalized spacial score (nSPS) is 23.6. The second-order valence-corrected chi connectivity index (χ2v) is 5.64. The fourth-order valence-corrected chi connectivity index (χ4v) is 2.69. The zero-order chi connectivity index (χ0) is 12.7. The van der Waals surface area contributed by atoms with E-state index in [-0.39, 0.29) is 18.3 Å². The van der Waals surface area contributed by atoms with E-state index < -0.39 is 0 Å². The molecule has 108 valence electrons. The smallest absolute Gasteiger partial charge is 0.220 e. The molecule has 1 saturated carbocycles. The molecule has 0 heterocycles. The number of halogens is 1. The fraction of sp³-hybridized carbons (Fsp3) is 0.929. The predicted octanol–water partition coefficient (Wildman–Crippen LogP) is 2.74. The lowest BCUT2D eigenvalue weighted by molar-refractivity contribution is -0.122. The maximum atomic E-state index is 11.7. The molecular formula is C14H29ClN2O. The minimum Gasteiger partial charge on any atom is -0.353 e. The molecule has 1 aliphatic rings. The maximum absolute atomic E-state index is 11.7. The van der Waals surface area contributed by atoms with Crippen molar-refractivity contribution in [2.75, 3.05) is 13.6 Å². The van der Waals surface area contributed by atoms with E-state index in [0.717, 1.165) is 24.8 Å². The van der Waals surface area contributed by atoms with Crippen LogP contribution in [0.5, 0.6) is 0 Å². The van der Waals surface area contributed by atoms with Gasteiger partial charge in [-0.1, -0.05) is 26.7 Å². The fourth-order valence-electron chi connectivity index (χ4n) is 2.69. The quantitative estimate of drug-likeness (QED) is 0.733. The number of nitrogens with one attached hydrogen (secondary N) is 2. The Bertz CT molecular complexity index is 234. The summed E-state index contributed by atoms with van der Waals surface area (Å²) in [5, 5.41) is 6.26. The Labute approximate surface area is 118 Å². The van der Waals surface area contributed by atoms with Crippen molar-refractivity contribution in [2.24, 2.45) is 11.8 Å². The Hall–Kier alpha value is -0.280. The van der Waals surface area contributed by atoms with E-state index in [0.29, 0.717) is 12.5 Å². The van der Waals surface area contributed by atoms with Crippen LogP contribution in [0.2, 0.25) is 0 Å². The molecule has 1 rings (SSSR count). The Morgan fingerprint density at radius 1 is 1.33 bits per heavy atom. The molecule has 1 aliphatic carbocycles.